The summed E-state index contributed by atoms with van der Waals surface area (Å²) < 4.78 is 77.4. The van der Waals surface area contributed by atoms with Crippen molar-refractivity contribution >= 4 is 27.5 Å². The van der Waals surface area contributed by atoms with Crippen molar-refractivity contribution in [2.45, 2.75) is 24.4 Å². The summed E-state index contributed by atoms with van der Waals surface area (Å²) >= 11 is 0. The molecule has 1 N–H and O–H groups in total. The van der Waals surface area contributed by atoms with Crippen LogP contribution in [0.1, 0.15) is 18.1 Å². The molecule has 0 atom stereocenters. The maximum atomic E-state index is 12.9. The SMILES string of the molecule is CC1=Nc2cc(C(F)(F)F)ccc2S(=O)(=O)N1NC(=O)Cc1ccc(F)cc1. The number of benzene rings is 2. The summed E-state index contributed by atoms with van der Waals surface area (Å²) in [5.74, 6) is -1.43. The van der Waals surface area contributed by atoms with Crippen molar-refractivity contribution in [3.8, 4) is 0 Å². The summed E-state index contributed by atoms with van der Waals surface area (Å²) in [7, 11) is -4.35. The van der Waals surface area contributed by atoms with E-state index in [0.717, 1.165) is 18.2 Å². The van der Waals surface area contributed by atoms with Gasteiger partial charge in [0.15, 0.2) is 0 Å². The number of rotatable bonds is 3. The van der Waals surface area contributed by atoms with Crippen LogP contribution in [-0.4, -0.2) is 24.6 Å². The molecular formula is C17H13F4N3O3S. The van der Waals surface area contributed by atoms with E-state index in [1.165, 1.54) is 19.1 Å². The summed E-state index contributed by atoms with van der Waals surface area (Å²) in [6, 6.07) is 7.10. The van der Waals surface area contributed by atoms with Gasteiger partial charge in [0, 0.05) is 0 Å². The minimum atomic E-state index is -4.65. The summed E-state index contributed by atoms with van der Waals surface area (Å²) in [4.78, 5) is 15.6. The van der Waals surface area contributed by atoms with E-state index < -0.39 is 38.4 Å². The summed E-state index contributed by atoms with van der Waals surface area (Å²) in [5.41, 5.74) is 1.21. The van der Waals surface area contributed by atoms with E-state index in [1.807, 2.05) is 0 Å². The average molecular weight is 415 g/mol. The molecule has 0 fully saturated rings. The number of carbonyl (C=O) groups is 1. The van der Waals surface area contributed by atoms with Gasteiger partial charge in [0.05, 0.1) is 17.7 Å². The number of amidine groups is 1. The maximum absolute atomic E-state index is 12.9. The first kappa shape index (κ1) is 19.8. The Morgan fingerprint density at radius 1 is 1.14 bits per heavy atom. The Hall–Kier alpha value is -2.95. The van der Waals surface area contributed by atoms with Crippen LogP contribution in [0.3, 0.4) is 0 Å². The van der Waals surface area contributed by atoms with Crippen molar-refractivity contribution in [3.63, 3.8) is 0 Å². The fraction of sp³-hybridized carbons (Fsp3) is 0.176. The van der Waals surface area contributed by atoms with Crippen molar-refractivity contribution < 1.29 is 30.8 Å². The number of sulfonamides is 1. The number of hydrazine groups is 1. The zero-order chi connectivity index (χ0) is 20.7. The van der Waals surface area contributed by atoms with Crippen LogP contribution in [0.5, 0.6) is 0 Å². The molecule has 0 aromatic heterocycles. The number of amides is 1. The van der Waals surface area contributed by atoms with E-state index in [9.17, 15) is 30.8 Å². The van der Waals surface area contributed by atoms with Gasteiger partial charge >= 0.3 is 6.18 Å². The zero-order valence-electron chi connectivity index (χ0n) is 14.3. The van der Waals surface area contributed by atoms with Crippen LogP contribution in [0.4, 0.5) is 23.2 Å². The summed E-state index contributed by atoms with van der Waals surface area (Å²) in [5, 5.41) is 0. The van der Waals surface area contributed by atoms with E-state index >= 15 is 0 Å². The van der Waals surface area contributed by atoms with E-state index in [0.29, 0.717) is 22.1 Å². The molecule has 148 valence electrons. The predicted octanol–water partition coefficient (Wildman–Crippen LogP) is 3.17. The molecule has 0 saturated carbocycles. The van der Waals surface area contributed by atoms with E-state index in [2.05, 4.69) is 10.4 Å². The van der Waals surface area contributed by atoms with Crippen LogP contribution in [0, 0.1) is 5.82 Å². The number of hydrogen-bond acceptors (Lipinski definition) is 4. The molecule has 0 saturated heterocycles. The molecule has 2 aromatic rings. The first-order valence-corrected chi connectivity index (χ1v) is 9.28. The van der Waals surface area contributed by atoms with Crippen LogP contribution in [0.15, 0.2) is 52.4 Å². The van der Waals surface area contributed by atoms with Crippen LogP contribution < -0.4 is 5.43 Å². The van der Waals surface area contributed by atoms with Gasteiger partial charge in [-0.15, -0.1) is 0 Å². The Kier molecular flexibility index (Phi) is 4.88. The van der Waals surface area contributed by atoms with E-state index in [4.69, 9.17) is 0 Å². The fourth-order valence-electron chi connectivity index (χ4n) is 2.57. The molecule has 6 nitrogen and oxygen atoms in total. The second-order valence-electron chi connectivity index (χ2n) is 5.95. The van der Waals surface area contributed by atoms with Crippen molar-refractivity contribution in [2.24, 2.45) is 4.99 Å². The van der Waals surface area contributed by atoms with Crippen LogP contribution in [0.25, 0.3) is 0 Å². The number of carbonyl (C=O) groups excluding carboxylic acids is 1. The molecule has 3 rings (SSSR count). The molecule has 0 radical (unpaired) electrons. The highest BCUT2D eigenvalue weighted by Crippen LogP contribution is 2.37. The molecule has 2 aromatic carbocycles. The van der Waals surface area contributed by atoms with Crippen LogP contribution >= 0.6 is 0 Å². The van der Waals surface area contributed by atoms with Gasteiger partial charge in [0.25, 0.3) is 10.0 Å². The van der Waals surface area contributed by atoms with E-state index in [-0.39, 0.29) is 17.9 Å². The van der Waals surface area contributed by atoms with Gasteiger partial charge in [0.2, 0.25) is 5.91 Å². The smallest absolute Gasteiger partial charge is 0.273 e. The number of hydrogen-bond donors (Lipinski definition) is 1. The number of halogens is 4. The normalized spacial score (nSPS) is 15.6. The zero-order valence-corrected chi connectivity index (χ0v) is 15.1. The first-order valence-electron chi connectivity index (χ1n) is 7.84. The second kappa shape index (κ2) is 6.89. The molecule has 1 heterocycles. The Balaban J connectivity index is 1.87. The number of fused-ring (bicyclic) bond motifs is 1. The first-order chi connectivity index (χ1) is 13.0. The van der Waals surface area contributed by atoms with Crippen molar-refractivity contribution in [2.75, 3.05) is 0 Å². The Morgan fingerprint density at radius 3 is 2.39 bits per heavy atom. The molecule has 0 aliphatic carbocycles. The Morgan fingerprint density at radius 2 is 1.79 bits per heavy atom. The third-order valence-corrected chi connectivity index (χ3v) is 5.62. The molecule has 1 aliphatic heterocycles. The van der Waals surface area contributed by atoms with Gasteiger partial charge in [-0.1, -0.05) is 12.1 Å². The molecule has 1 amide bonds. The van der Waals surface area contributed by atoms with Crippen LogP contribution in [-0.2, 0) is 27.4 Å². The monoisotopic (exact) mass is 415 g/mol. The molecule has 0 bridgehead atoms. The highest BCUT2D eigenvalue weighted by atomic mass is 32.2. The van der Waals surface area contributed by atoms with Crippen LogP contribution in [0.2, 0.25) is 0 Å². The number of alkyl halides is 3. The topological polar surface area (TPSA) is 78.8 Å². The number of nitrogens with zero attached hydrogens (tertiary/aromatic N) is 2. The van der Waals surface area contributed by atoms with Gasteiger partial charge in [-0.2, -0.15) is 26.0 Å². The fourth-order valence-corrected chi connectivity index (χ4v) is 3.99. The average Bonchev–Trinajstić information content (AvgIpc) is 2.59. The molecule has 0 unspecified atom stereocenters. The third-order valence-electron chi connectivity index (χ3n) is 3.88. The van der Waals surface area contributed by atoms with Crippen molar-refractivity contribution in [1.29, 1.82) is 0 Å². The molecule has 28 heavy (non-hydrogen) atoms. The second-order valence-corrected chi connectivity index (χ2v) is 7.70. The Labute approximate surface area is 157 Å². The quantitative estimate of drug-likeness (QED) is 0.783. The molecule has 0 spiro atoms. The highest BCUT2D eigenvalue weighted by molar-refractivity contribution is 7.89. The van der Waals surface area contributed by atoms with E-state index in [1.54, 1.807) is 0 Å². The lowest BCUT2D eigenvalue weighted by Gasteiger charge is -2.28. The van der Waals surface area contributed by atoms with Crippen molar-refractivity contribution in [3.05, 3.63) is 59.4 Å². The third kappa shape index (κ3) is 3.84. The lowest BCUT2D eigenvalue weighted by atomic mass is 10.1. The van der Waals surface area contributed by atoms with Gasteiger partial charge in [-0.3, -0.25) is 10.2 Å². The molecular weight excluding hydrogens is 402 g/mol. The minimum Gasteiger partial charge on any atom is -0.273 e. The maximum Gasteiger partial charge on any atom is 0.416 e. The van der Waals surface area contributed by atoms with Crippen molar-refractivity contribution in [1.82, 2.24) is 9.84 Å². The number of aliphatic imine (C=N–C) groups is 1. The summed E-state index contributed by atoms with van der Waals surface area (Å²) in [6.07, 6.45) is -4.89. The predicted molar refractivity (Wildman–Crippen MR) is 91.5 cm³/mol. The standard InChI is InChI=1S/C17H13F4N3O3S/c1-10-22-14-9-12(17(19,20)21)4-7-15(14)28(26,27)24(10)23-16(25)8-11-2-5-13(18)6-3-11/h2-7,9H,8H2,1H3,(H,23,25). The Bertz CT molecular complexity index is 1060. The largest absolute Gasteiger partial charge is 0.416 e. The molecule has 11 heteroatoms. The van der Waals surface area contributed by atoms with Gasteiger partial charge in [-0.25, -0.2) is 9.38 Å². The van der Waals surface area contributed by atoms with Gasteiger partial charge in [-0.05, 0) is 42.8 Å². The van der Waals surface area contributed by atoms with Gasteiger partial charge < -0.3 is 0 Å². The lowest BCUT2D eigenvalue weighted by Crippen LogP contribution is -2.50. The summed E-state index contributed by atoms with van der Waals surface area (Å²) in [6.45, 7) is 1.24. The highest BCUT2D eigenvalue weighted by Gasteiger charge is 2.37. The lowest BCUT2D eigenvalue weighted by molar-refractivity contribution is -0.137. The van der Waals surface area contributed by atoms with Gasteiger partial charge in [0.1, 0.15) is 16.5 Å². The number of nitrogens with one attached hydrogen (secondary N) is 1. The minimum absolute atomic E-state index is 0.223. The molecule has 1 aliphatic rings.